The fraction of sp³-hybridized carbons (Fsp3) is 0.357. The number of carbonyl (C=O) groups excluding carboxylic acids is 1. The molecule has 0 spiro atoms. The summed E-state index contributed by atoms with van der Waals surface area (Å²) in [5.41, 5.74) is -0.913. The Hall–Kier alpha value is -1.78. The molecule has 1 aromatic rings. The SMILES string of the molecule is C=Cc1c(C(=O)N(C)C2CC2)cccc1C(F)(F)F. The number of rotatable bonds is 3. The minimum atomic E-state index is -4.49. The lowest BCUT2D eigenvalue weighted by Crippen LogP contribution is -2.29. The van der Waals surface area contributed by atoms with E-state index in [-0.39, 0.29) is 23.1 Å². The number of hydrogen-bond donors (Lipinski definition) is 0. The molecule has 102 valence electrons. The second-order valence-electron chi connectivity index (χ2n) is 4.62. The maximum Gasteiger partial charge on any atom is 0.417 e. The van der Waals surface area contributed by atoms with Crippen molar-refractivity contribution in [2.24, 2.45) is 0 Å². The minimum Gasteiger partial charge on any atom is -0.339 e. The molecule has 0 aliphatic heterocycles. The van der Waals surface area contributed by atoms with Gasteiger partial charge in [0.1, 0.15) is 0 Å². The second-order valence-corrected chi connectivity index (χ2v) is 4.62. The fourth-order valence-electron chi connectivity index (χ4n) is 2.04. The van der Waals surface area contributed by atoms with Gasteiger partial charge in [-0.15, -0.1) is 0 Å². The summed E-state index contributed by atoms with van der Waals surface area (Å²) in [6.07, 6.45) is -1.58. The predicted octanol–water partition coefficient (Wildman–Crippen LogP) is 3.58. The average molecular weight is 269 g/mol. The zero-order chi connectivity index (χ0) is 14.2. The third-order valence-electron chi connectivity index (χ3n) is 3.26. The summed E-state index contributed by atoms with van der Waals surface area (Å²) < 4.78 is 38.6. The van der Waals surface area contributed by atoms with Crippen LogP contribution in [0.2, 0.25) is 0 Å². The Labute approximate surface area is 109 Å². The average Bonchev–Trinajstić information content (AvgIpc) is 3.19. The van der Waals surface area contributed by atoms with Gasteiger partial charge in [0.25, 0.3) is 5.91 Å². The number of alkyl halides is 3. The molecule has 19 heavy (non-hydrogen) atoms. The highest BCUT2D eigenvalue weighted by Crippen LogP contribution is 2.35. The minimum absolute atomic E-state index is 0.0548. The number of hydrogen-bond acceptors (Lipinski definition) is 1. The molecule has 2 rings (SSSR count). The number of benzene rings is 1. The quantitative estimate of drug-likeness (QED) is 0.821. The monoisotopic (exact) mass is 269 g/mol. The molecule has 0 N–H and O–H groups in total. The fourth-order valence-corrected chi connectivity index (χ4v) is 2.04. The lowest BCUT2D eigenvalue weighted by molar-refractivity contribution is -0.137. The Morgan fingerprint density at radius 2 is 2.05 bits per heavy atom. The Balaban J connectivity index is 2.45. The Kier molecular flexibility index (Phi) is 3.39. The number of halogens is 3. The van der Waals surface area contributed by atoms with E-state index in [2.05, 4.69) is 6.58 Å². The summed E-state index contributed by atoms with van der Waals surface area (Å²) in [6.45, 7) is 3.40. The van der Waals surface area contributed by atoms with Gasteiger partial charge in [0, 0.05) is 18.7 Å². The van der Waals surface area contributed by atoms with E-state index in [4.69, 9.17) is 0 Å². The first-order chi connectivity index (χ1) is 8.86. The first-order valence-corrected chi connectivity index (χ1v) is 5.96. The molecule has 2 nitrogen and oxygen atoms in total. The van der Waals surface area contributed by atoms with E-state index in [1.54, 1.807) is 7.05 Å². The van der Waals surface area contributed by atoms with Gasteiger partial charge >= 0.3 is 6.18 Å². The van der Waals surface area contributed by atoms with Gasteiger partial charge in [0.15, 0.2) is 0 Å². The highest BCUT2D eigenvalue weighted by molar-refractivity contribution is 5.98. The lowest BCUT2D eigenvalue weighted by Gasteiger charge is -2.19. The summed E-state index contributed by atoms with van der Waals surface area (Å²) in [5, 5.41) is 0. The molecule has 0 heterocycles. The van der Waals surface area contributed by atoms with Crippen molar-refractivity contribution < 1.29 is 18.0 Å². The van der Waals surface area contributed by atoms with Crippen molar-refractivity contribution in [1.29, 1.82) is 0 Å². The maximum absolute atomic E-state index is 12.9. The van der Waals surface area contributed by atoms with Gasteiger partial charge < -0.3 is 4.90 Å². The first kappa shape index (κ1) is 13.6. The van der Waals surface area contributed by atoms with Crippen LogP contribution in [0, 0.1) is 0 Å². The van der Waals surface area contributed by atoms with Crippen molar-refractivity contribution in [3.05, 3.63) is 41.5 Å². The van der Waals surface area contributed by atoms with Crippen molar-refractivity contribution in [3.8, 4) is 0 Å². The molecule has 1 amide bonds. The summed E-state index contributed by atoms with van der Waals surface area (Å²) >= 11 is 0. The standard InChI is InChI=1S/C14H14F3NO/c1-3-10-11(13(19)18(2)9-7-8-9)5-4-6-12(10)14(15,16)17/h3-6,9H,1,7-8H2,2H3. The van der Waals surface area contributed by atoms with Crippen LogP contribution in [0.1, 0.15) is 34.3 Å². The van der Waals surface area contributed by atoms with E-state index < -0.39 is 11.7 Å². The Morgan fingerprint density at radius 3 is 2.53 bits per heavy atom. The molecule has 0 aromatic heterocycles. The normalized spacial score (nSPS) is 15.2. The van der Waals surface area contributed by atoms with Crippen molar-refractivity contribution in [2.45, 2.75) is 25.1 Å². The molecule has 0 bridgehead atoms. The van der Waals surface area contributed by atoms with Crippen LogP contribution >= 0.6 is 0 Å². The largest absolute Gasteiger partial charge is 0.417 e. The van der Waals surface area contributed by atoms with E-state index in [1.807, 2.05) is 0 Å². The first-order valence-electron chi connectivity index (χ1n) is 5.96. The molecule has 1 aromatic carbocycles. The van der Waals surface area contributed by atoms with Crippen molar-refractivity contribution in [1.82, 2.24) is 4.90 Å². The van der Waals surface area contributed by atoms with E-state index in [1.165, 1.54) is 17.0 Å². The van der Waals surface area contributed by atoms with Gasteiger partial charge in [0.2, 0.25) is 0 Å². The Bertz CT molecular complexity index is 518. The third kappa shape index (κ3) is 2.64. The Morgan fingerprint density at radius 1 is 1.42 bits per heavy atom. The molecular formula is C14H14F3NO. The van der Waals surface area contributed by atoms with Gasteiger partial charge in [-0.25, -0.2) is 0 Å². The molecule has 1 aliphatic carbocycles. The number of nitrogens with zero attached hydrogens (tertiary/aromatic N) is 1. The smallest absolute Gasteiger partial charge is 0.339 e. The highest BCUT2D eigenvalue weighted by atomic mass is 19.4. The van der Waals surface area contributed by atoms with Crippen LogP contribution in [-0.2, 0) is 6.18 Å². The highest BCUT2D eigenvalue weighted by Gasteiger charge is 2.36. The topological polar surface area (TPSA) is 20.3 Å². The number of carbonyl (C=O) groups is 1. The van der Waals surface area contributed by atoms with Crippen LogP contribution in [-0.4, -0.2) is 23.9 Å². The molecule has 0 unspecified atom stereocenters. The molecule has 1 saturated carbocycles. The lowest BCUT2D eigenvalue weighted by atomic mass is 9.99. The van der Waals surface area contributed by atoms with E-state index in [9.17, 15) is 18.0 Å². The summed E-state index contributed by atoms with van der Waals surface area (Å²) in [5.74, 6) is -0.386. The van der Waals surface area contributed by atoms with Crippen LogP contribution in [0.25, 0.3) is 6.08 Å². The van der Waals surface area contributed by atoms with Crippen LogP contribution in [0.3, 0.4) is 0 Å². The number of amides is 1. The molecule has 0 atom stereocenters. The maximum atomic E-state index is 12.9. The van der Waals surface area contributed by atoms with Crippen LogP contribution in [0.5, 0.6) is 0 Å². The van der Waals surface area contributed by atoms with Crippen LogP contribution in [0.4, 0.5) is 13.2 Å². The zero-order valence-electron chi connectivity index (χ0n) is 10.5. The molecule has 1 fully saturated rings. The van der Waals surface area contributed by atoms with E-state index in [0.29, 0.717) is 0 Å². The molecule has 0 saturated heterocycles. The molecule has 0 radical (unpaired) electrons. The van der Waals surface area contributed by atoms with Crippen molar-refractivity contribution >= 4 is 12.0 Å². The van der Waals surface area contributed by atoms with Gasteiger partial charge in [-0.2, -0.15) is 13.2 Å². The van der Waals surface area contributed by atoms with Crippen LogP contribution < -0.4 is 0 Å². The van der Waals surface area contributed by atoms with Gasteiger partial charge in [-0.1, -0.05) is 18.7 Å². The summed E-state index contributed by atoms with van der Waals surface area (Å²) in [4.78, 5) is 13.7. The van der Waals surface area contributed by atoms with Crippen molar-refractivity contribution in [3.63, 3.8) is 0 Å². The summed E-state index contributed by atoms with van der Waals surface area (Å²) in [6, 6.07) is 3.78. The van der Waals surface area contributed by atoms with Gasteiger partial charge in [-0.3, -0.25) is 4.79 Å². The van der Waals surface area contributed by atoms with Gasteiger partial charge in [-0.05, 0) is 30.5 Å². The third-order valence-corrected chi connectivity index (χ3v) is 3.26. The van der Waals surface area contributed by atoms with Gasteiger partial charge in [0.05, 0.1) is 5.56 Å². The second kappa shape index (κ2) is 4.72. The molecule has 5 heteroatoms. The molecule has 1 aliphatic rings. The van der Waals surface area contributed by atoms with E-state index in [0.717, 1.165) is 25.0 Å². The van der Waals surface area contributed by atoms with Crippen LogP contribution in [0.15, 0.2) is 24.8 Å². The van der Waals surface area contributed by atoms with Crippen molar-refractivity contribution in [2.75, 3.05) is 7.05 Å². The van der Waals surface area contributed by atoms with E-state index >= 15 is 0 Å². The molecular weight excluding hydrogens is 255 g/mol. The predicted molar refractivity (Wildman–Crippen MR) is 66.7 cm³/mol. The summed E-state index contributed by atoms with van der Waals surface area (Å²) in [7, 11) is 1.62. The zero-order valence-corrected chi connectivity index (χ0v) is 10.5.